The molecule has 4 nitrogen and oxygen atoms in total. The molecule has 0 saturated heterocycles. The maximum absolute atomic E-state index is 5.42. The lowest BCUT2D eigenvalue weighted by Crippen LogP contribution is -2.25. The number of benzene rings is 9. The summed E-state index contributed by atoms with van der Waals surface area (Å²) in [6.45, 7) is 0. The van der Waals surface area contributed by atoms with Crippen molar-refractivity contribution in [3.63, 3.8) is 0 Å². The largest absolute Gasteiger partial charge is 0.247 e. The molecule has 64 heavy (non-hydrogen) atoms. The molecule has 0 atom stereocenters. The van der Waals surface area contributed by atoms with Crippen LogP contribution in [0.2, 0.25) is 0 Å². The third kappa shape index (κ3) is 4.85. The Hall–Kier alpha value is -8.47. The highest BCUT2D eigenvalue weighted by Crippen LogP contribution is 2.63. The van der Waals surface area contributed by atoms with Crippen molar-refractivity contribution >= 4 is 38.1 Å². The Labute approximate surface area is 369 Å². The molecule has 4 heteroatoms. The van der Waals surface area contributed by atoms with E-state index in [1.165, 1.54) is 49.9 Å². The minimum absolute atomic E-state index is 0.408. The van der Waals surface area contributed by atoms with Crippen LogP contribution in [0.5, 0.6) is 0 Å². The fraction of sp³-hybridized carbons (Fsp3) is 0.0167. The van der Waals surface area contributed by atoms with E-state index >= 15 is 0 Å². The van der Waals surface area contributed by atoms with Gasteiger partial charge in [0.25, 0.3) is 0 Å². The van der Waals surface area contributed by atoms with Gasteiger partial charge in [0, 0.05) is 32.8 Å². The van der Waals surface area contributed by atoms with Gasteiger partial charge in [-0.15, -0.1) is 0 Å². The summed E-state index contributed by atoms with van der Waals surface area (Å²) < 4.78 is 1.99. The van der Waals surface area contributed by atoms with Gasteiger partial charge < -0.3 is 0 Å². The molecule has 0 N–H and O–H groups in total. The van der Waals surface area contributed by atoms with Gasteiger partial charge in [-0.2, -0.15) is 5.10 Å². The van der Waals surface area contributed by atoms with Gasteiger partial charge >= 0.3 is 0 Å². The van der Waals surface area contributed by atoms with E-state index < -0.39 is 5.41 Å². The third-order valence-electron chi connectivity index (χ3n) is 13.8. The molecule has 3 aromatic heterocycles. The fourth-order valence-electron chi connectivity index (χ4n) is 11.0. The van der Waals surface area contributed by atoms with Crippen molar-refractivity contribution in [2.45, 2.75) is 5.41 Å². The van der Waals surface area contributed by atoms with Gasteiger partial charge in [0.05, 0.1) is 33.4 Å². The zero-order chi connectivity index (χ0) is 41.9. The molecule has 2 aliphatic carbocycles. The molecule has 0 saturated carbocycles. The molecule has 9 aromatic carbocycles. The van der Waals surface area contributed by atoms with Gasteiger partial charge in [-0.3, -0.25) is 0 Å². The van der Waals surface area contributed by atoms with Gasteiger partial charge in [0.1, 0.15) is 0 Å². The quantitative estimate of drug-likeness (QED) is 0.166. The zero-order valence-electron chi connectivity index (χ0n) is 34.6. The Bertz CT molecular complexity index is 3840. The molecule has 0 amide bonds. The normalized spacial score (nSPS) is 13.1. The second-order valence-corrected chi connectivity index (χ2v) is 17.1. The van der Waals surface area contributed by atoms with Crippen LogP contribution in [0.15, 0.2) is 218 Å². The molecule has 0 bridgehead atoms. The monoisotopic (exact) mass is 812 g/mol. The molecule has 14 rings (SSSR count). The summed E-state index contributed by atoms with van der Waals surface area (Å²) in [5.41, 5.74) is 20.5. The molecule has 0 unspecified atom stereocenters. The Morgan fingerprint density at radius 2 is 0.844 bits per heavy atom. The molecule has 1 spiro atoms. The van der Waals surface area contributed by atoms with Crippen LogP contribution in [0.25, 0.3) is 105 Å². The van der Waals surface area contributed by atoms with Crippen molar-refractivity contribution in [2.24, 2.45) is 0 Å². The van der Waals surface area contributed by atoms with Crippen LogP contribution < -0.4 is 0 Å². The molecule has 0 fully saturated rings. The number of pyridine rings is 1. The van der Waals surface area contributed by atoms with Crippen LogP contribution in [0.4, 0.5) is 0 Å². The van der Waals surface area contributed by atoms with E-state index in [0.29, 0.717) is 0 Å². The maximum atomic E-state index is 5.42. The van der Waals surface area contributed by atoms with Gasteiger partial charge in [0.15, 0.2) is 5.82 Å². The van der Waals surface area contributed by atoms with Crippen molar-refractivity contribution < 1.29 is 0 Å². The highest BCUT2D eigenvalue weighted by Gasteiger charge is 2.51. The van der Waals surface area contributed by atoms with Gasteiger partial charge in [-0.1, -0.05) is 188 Å². The summed E-state index contributed by atoms with van der Waals surface area (Å²) >= 11 is 0. The van der Waals surface area contributed by atoms with Gasteiger partial charge in [0.2, 0.25) is 0 Å². The van der Waals surface area contributed by atoms with Crippen LogP contribution in [0.1, 0.15) is 22.3 Å². The average molecular weight is 813 g/mol. The summed E-state index contributed by atoms with van der Waals surface area (Å²) in [6, 6.07) is 79.0. The standard InChI is InChI=1S/C60H36N4/c1-2-14-39(15-3-1)56-36-57-46-20-8-13-25-55(46)62-59(64(57)63-56)41-32-28-38(29-33-41)37-26-30-40(31-27-37)58-49-34-48-44-18-6-11-23-52(44)60(53(48)35-47(49)45-19-7-12-24-54(45)61-58)50-21-9-4-16-42(50)43-17-5-10-22-51(43)60/h1-36H. The summed E-state index contributed by atoms with van der Waals surface area (Å²) in [7, 11) is 0. The first kappa shape index (κ1) is 35.2. The summed E-state index contributed by atoms with van der Waals surface area (Å²) in [6.07, 6.45) is 0. The molecule has 3 heterocycles. The minimum atomic E-state index is -0.408. The highest BCUT2D eigenvalue weighted by molar-refractivity contribution is 6.14. The molecule has 12 aromatic rings. The van der Waals surface area contributed by atoms with Crippen LogP contribution in [-0.2, 0) is 5.41 Å². The summed E-state index contributed by atoms with van der Waals surface area (Å²) in [4.78, 5) is 10.6. The van der Waals surface area contributed by atoms with Gasteiger partial charge in [-0.25, -0.2) is 14.5 Å². The van der Waals surface area contributed by atoms with E-state index in [9.17, 15) is 0 Å². The summed E-state index contributed by atoms with van der Waals surface area (Å²) in [5.74, 6) is 0.813. The topological polar surface area (TPSA) is 43.1 Å². The number of rotatable bonds is 4. The first-order valence-electron chi connectivity index (χ1n) is 21.9. The van der Waals surface area contributed by atoms with Crippen molar-refractivity contribution in [1.82, 2.24) is 19.6 Å². The number of aromatic nitrogens is 4. The third-order valence-corrected chi connectivity index (χ3v) is 13.8. The van der Waals surface area contributed by atoms with Crippen LogP contribution in [0.3, 0.4) is 0 Å². The van der Waals surface area contributed by atoms with E-state index in [1.807, 2.05) is 16.6 Å². The highest BCUT2D eigenvalue weighted by atomic mass is 15.3. The number of para-hydroxylation sites is 2. The Kier molecular flexibility index (Phi) is 7.29. The van der Waals surface area contributed by atoms with Crippen molar-refractivity contribution in [1.29, 1.82) is 0 Å². The SMILES string of the molecule is c1ccc(-c2cc3c4ccccc4nc(-c4ccc(-c5ccc(-c6nc7ccccc7c7cc8c(cc67)-c6ccccc6C86c7ccccc7-c7ccccc76)cc5)cc4)n3n2)cc1. The number of hydrogen-bond donors (Lipinski definition) is 0. The number of hydrogen-bond acceptors (Lipinski definition) is 3. The Morgan fingerprint density at radius 3 is 1.50 bits per heavy atom. The number of nitrogens with zero attached hydrogens (tertiary/aromatic N) is 4. The van der Waals surface area contributed by atoms with Crippen LogP contribution in [-0.4, -0.2) is 19.6 Å². The zero-order valence-corrected chi connectivity index (χ0v) is 34.6. The molecular weight excluding hydrogens is 777 g/mol. The summed E-state index contributed by atoms with van der Waals surface area (Å²) in [5, 5.41) is 9.70. The van der Waals surface area contributed by atoms with Gasteiger partial charge in [-0.05, 0) is 91.4 Å². The lowest BCUT2D eigenvalue weighted by atomic mass is 9.70. The molecule has 0 aliphatic heterocycles. The second-order valence-electron chi connectivity index (χ2n) is 17.1. The predicted molar refractivity (Wildman–Crippen MR) is 261 cm³/mol. The smallest absolute Gasteiger partial charge is 0.161 e. The Balaban J connectivity index is 0.888. The molecule has 2 aliphatic rings. The second kappa shape index (κ2) is 13.3. The maximum Gasteiger partial charge on any atom is 0.161 e. The van der Waals surface area contributed by atoms with E-state index in [2.05, 4.69) is 206 Å². The van der Waals surface area contributed by atoms with Crippen molar-refractivity contribution in [3.05, 3.63) is 241 Å². The molecule has 0 radical (unpaired) electrons. The van der Waals surface area contributed by atoms with Crippen LogP contribution >= 0.6 is 0 Å². The van der Waals surface area contributed by atoms with Crippen molar-refractivity contribution in [3.8, 4) is 67.3 Å². The van der Waals surface area contributed by atoms with E-state index in [4.69, 9.17) is 15.1 Å². The molecular formula is C60H36N4. The lowest BCUT2D eigenvalue weighted by molar-refractivity contribution is 0.795. The Morgan fingerprint density at radius 1 is 0.328 bits per heavy atom. The minimum Gasteiger partial charge on any atom is -0.247 e. The predicted octanol–water partition coefficient (Wildman–Crippen LogP) is 14.6. The van der Waals surface area contributed by atoms with E-state index in [1.54, 1.807) is 0 Å². The van der Waals surface area contributed by atoms with Crippen molar-refractivity contribution in [2.75, 3.05) is 0 Å². The fourth-order valence-corrected chi connectivity index (χ4v) is 11.0. The first-order chi connectivity index (χ1) is 31.7. The molecule has 296 valence electrons. The van der Waals surface area contributed by atoms with Crippen LogP contribution in [0, 0.1) is 0 Å². The first-order valence-corrected chi connectivity index (χ1v) is 21.9. The average Bonchev–Trinajstić information content (AvgIpc) is 4.04. The number of fused-ring (bicyclic) bond motifs is 16. The van der Waals surface area contributed by atoms with E-state index in [0.717, 1.165) is 77.7 Å². The lowest BCUT2D eigenvalue weighted by Gasteiger charge is -2.30. The van der Waals surface area contributed by atoms with E-state index in [-0.39, 0.29) is 0 Å².